The fraction of sp³-hybridized carbons (Fsp3) is 0.526. The standard InChI is InChI=1S/C19H25ClN4O4S/c1-13-5-4-10-24(12-13)29(26,27)17-11-15(7-8-16(17)20)19(25)21-9-3-6-18-22-14(2)23-28-18/h7-8,11,13H,3-6,9-10,12H2,1-2H3,(H,21,25). The highest BCUT2D eigenvalue weighted by atomic mass is 35.5. The van der Waals surface area contributed by atoms with E-state index >= 15 is 0 Å². The molecule has 0 saturated carbocycles. The zero-order valence-electron chi connectivity index (χ0n) is 16.5. The van der Waals surface area contributed by atoms with Gasteiger partial charge in [0.15, 0.2) is 5.82 Å². The van der Waals surface area contributed by atoms with E-state index < -0.39 is 10.0 Å². The molecule has 1 saturated heterocycles. The van der Waals surface area contributed by atoms with Gasteiger partial charge in [-0.15, -0.1) is 0 Å². The van der Waals surface area contributed by atoms with Crippen molar-refractivity contribution in [1.29, 1.82) is 0 Å². The smallest absolute Gasteiger partial charge is 0.251 e. The molecule has 1 atom stereocenters. The first-order valence-corrected chi connectivity index (χ1v) is 11.5. The Bertz CT molecular complexity index is 976. The van der Waals surface area contributed by atoms with Crippen LogP contribution in [0.1, 0.15) is 48.3 Å². The van der Waals surface area contributed by atoms with Gasteiger partial charge in [-0.05, 0) is 50.3 Å². The molecule has 0 radical (unpaired) electrons. The lowest BCUT2D eigenvalue weighted by atomic mass is 10.0. The third-order valence-corrected chi connectivity index (χ3v) is 7.20. The van der Waals surface area contributed by atoms with Crippen LogP contribution in [0.4, 0.5) is 0 Å². The highest BCUT2D eigenvalue weighted by molar-refractivity contribution is 7.89. The lowest BCUT2D eigenvalue weighted by Crippen LogP contribution is -2.39. The largest absolute Gasteiger partial charge is 0.352 e. The molecule has 29 heavy (non-hydrogen) atoms. The van der Waals surface area contributed by atoms with Crippen molar-refractivity contribution in [2.45, 2.75) is 44.4 Å². The predicted octanol–water partition coefficient (Wildman–Crippen LogP) is 2.81. The maximum absolute atomic E-state index is 13.0. The minimum absolute atomic E-state index is 0.0257. The van der Waals surface area contributed by atoms with Crippen LogP contribution < -0.4 is 5.32 Å². The number of halogens is 1. The normalized spacial score (nSPS) is 18.0. The first-order valence-electron chi connectivity index (χ1n) is 9.64. The predicted molar refractivity (Wildman–Crippen MR) is 108 cm³/mol. The highest BCUT2D eigenvalue weighted by Gasteiger charge is 2.30. The number of amides is 1. The Kier molecular flexibility index (Phi) is 6.92. The van der Waals surface area contributed by atoms with E-state index in [9.17, 15) is 13.2 Å². The molecule has 158 valence electrons. The van der Waals surface area contributed by atoms with Gasteiger partial charge < -0.3 is 9.84 Å². The molecule has 10 heteroatoms. The van der Waals surface area contributed by atoms with Crippen LogP contribution in [0.2, 0.25) is 5.02 Å². The number of aryl methyl sites for hydroxylation is 2. The first kappa shape index (κ1) is 21.7. The summed E-state index contributed by atoms with van der Waals surface area (Å²) >= 11 is 6.18. The minimum Gasteiger partial charge on any atom is -0.352 e. The van der Waals surface area contributed by atoms with E-state index in [4.69, 9.17) is 16.1 Å². The van der Waals surface area contributed by atoms with E-state index in [-0.39, 0.29) is 21.4 Å². The monoisotopic (exact) mass is 440 g/mol. The Morgan fingerprint density at radius 2 is 2.21 bits per heavy atom. The van der Waals surface area contributed by atoms with Gasteiger partial charge in [-0.1, -0.05) is 23.7 Å². The molecule has 3 rings (SSSR count). The average molecular weight is 441 g/mol. The van der Waals surface area contributed by atoms with Crippen LogP contribution in [0.5, 0.6) is 0 Å². The number of hydrogen-bond donors (Lipinski definition) is 1. The summed E-state index contributed by atoms with van der Waals surface area (Å²) in [7, 11) is -3.75. The van der Waals surface area contributed by atoms with Crippen LogP contribution in [-0.2, 0) is 16.4 Å². The summed E-state index contributed by atoms with van der Waals surface area (Å²) in [6.07, 6.45) is 3.00. The molecular weight excluding hydrogens is 416 g/mol. The van der Waals surface area contributed by atoms with Crippen molar-refractivity contribution >= 4 is 27.5 Å². The highest BCUT2D eigenvalue weighted by Crippen LogP contribution is 2.29. The molecule has 1 N–H and O–H groups in total. The summed E-state index contributed by atoms with van der Waals surface area (Å²) in [5.41, 5.74) is 0.256. The summed E-state index contributed by atoms with van der Waals surface area (Å²) < 4.78 is 32.6. The fourth-order valence-electron chi connectivity index (χ4n) is 3.33. The third kappa shape index (κ3) is 5.34. The molecule has 2 aromatic rings. The Labute approximate surface area is 175 Å². The van der Waals surface area contributed by atoms with Crippen molar-refractivity contribution in [3.05, 3.63) is 40.5 Å². The number of nitrogens with one attached hydrogen (secondary N) is 1. The molecule has 1 aromatic carbocycles. The molecule has 0 bridgehead atoms. The Hall–Kier alpha value is -1.97. The van der Waals surface area contributed by atoms with Crippen molar-refractivity contribution in [3.63, 3.8) is 0 Å². The number of nitrogens with zero attached hydrogens (tertiary/aromatic N) is 3. The van der Waals surface area contributed by atoms with Crippen molar-refractivity contribution in [3.8, 4) is 0 Å². The van der Waals surface area contributed by atoms with Gasteiger partial charge in [0.05, 0.1) is 5.02 Å². The van der Waals surface area contributed by atoms with Gasteiger partial charge in [-0.2, -0.15) is 9.29 Å². The van der Waals surface area contributed by atoms with Gasteiger partial charge in [-0.3, -0.25) is 4.79 Å². The summed E-state index contributed by atoms with van der Waals surface area (Å²) in [6, 6.07) is 4.34. The van der Waals surface area contributed by atoms with Crippen molar-refractivity contribution in [2.75, 3.05) is 19.6 Å². The Morgan fingerprint density at radius 1 is 1.41 bits per heavy atom. The number of benzene rings is 1. The number of carbonyl (C=O) groups excluding carboxylic acids is 1. The zero-order valence-corrected chi connectivity index (χ0v) is 18.1. The van der Waals surface area contributed by atoms with Crippen molar-refractivity contribution in [2.24, 2.45) is 5.92 Å². The van der Waals surface area contributed by atoms with Crippen LogP contribution >= 0.6 is 11.6 Å². The number of carbonyl (C=O) groups is 1. The Morgan fingerprint density at radius 3 is 2.90 bits per heavy atom. The summed E-state index contributed by atoms with van der Waals surface area (Å²) in [4.78, 5) is 16.5. The second-order valence-corrected chi connectivity index (χ2v) is 9.66. The van der Waals surface area contributed by atoms with E-state index in [0.717, 1.165) is 12.8 Å². The van der Waals surface area contributed by atoms with Crippen LogP contribution in [0.25, 0.3) is 0 Å². The average Bonchev–Trinajstić information content (AvgIpc) is 3.10. The first-order chi connectivity index (χ1) is 13.8. The maximum atomic E-state index is 13.0. The van der Waals surface area contributed by atoms with E-state index in [2.05, 4.69) is 15.5 Å². The van der Waals surface area contributed by atoms with Crippen LogP contribution in [0, 0.1) is 12.8 Å². The summed E-state index contributed by atoms with van der Waals surface area (Å²) in [6.45, 7) is 5.10. The fourth-order valence-corrected chi connectivity index (χ4v) is 5.43. The maximum Gasteiger partial charge on any atom is 0.251 e. The lowest BCUT2D eigenvalue weighted by molar-refractivity contribution is 0.0952. The number of aromatic nitrogens is 2. The molecule has 1 aliphatic heterocycles. The zero-order chi connectivity index (χ0) is 21.0. The molecule has 8 nitrogen and oxygen atoms in total. The van der Waals surface area contributed by atoms with E-state index in [1.54, 1.807) is 6.92 Å². The van der Waals surface area contributed by atoms with Crippen LogP contribution in [0.15, 0.2) is 27.6 Å². The van der Waals surface area contributed by atoms with Gasteiger partial charge in [0.1, 0.15) is 4.90 Å². The van der Waals surface area contributed by atoms with E-state index in [1.165, 1.54) is 22.5 Å². The quantitative estimate of drug-likeness (QED) is 0.663. The summed E-state index contributed by atoms with van der Waals surface area (Å²) in [5.74, 6) is 1.03. The van der Waals surface area contributed by atoms with Gasteiger partial charge >= 0.3 is 0 Å². The van der Waals surface area contributed by atoms with E-state index in [1.807, 2.05) is 6.92 Å². The number of rotatable bonds is 7. The molecule has 1 aromatic heterocycles. The van der Waals surface area contributed by atoms with Gasteiger partial charge in [0.2, 0.25) is 15.9 Å². The molecular formula is C19H25ClN4O4S. The molecule has 0 aliphatic carbocycles. The third-order valence-electron chi connectivity index (χ3n) is 4.85. The SMILES string of the molecule is Cc1noc(CCCNC(=O)c2ccc(Cl)c(S(=O)(=O)N3CCCC(C)C3)c2)n1. The minimum atomic E-state index is -3.75. The number of hydrogen-bond acceptors (Lipinski definition) is 6. The second-order valence-electron chi connectivity index (χ2n) is 7.35. The molecule has 1 fully saturated rings. The van der Waals surface area contributed by atoms with Crippen molar-refractivity contribution in [1.82, 2.24) is 19.8 Å². The van der Waals surface area contributed by atoms with Gasteiger partial charge in [0.25, 0.3) is 5.91 Å². The Balaban J connectivity index is 1.65. The van der Waals surface area contributed by atoms with E-state index in [0.29, 0.717) is 50.1 Å². The lowest BCUT2D eigenvalue weighted by Gasteiger charge is -2.30. The molecule has 0 spiro atoms. The second kappa shape index (κ2) is 9.23. The van der Waals surface area contributed by atoms with Crippen LogP contribution in [0.3, 0.4) is 0 Å². The number of sulfonamides is 1. The molecule has 1 amide bonds. The molecule has 1 unspecified atom stereocenters. The van der Waals surface area contributed by atoms with Gasteiger partial charge in [-0.25, -0.2) is 8.42 Å². The molecule has 2 heterocycles. The number of piperidine rings is 1. The summed E-state index contributed by atoms with van der Waals surface area (Å²) in [5, 5.41) is 6.61. The molecule has 1 aliphatic rings. The topological polar surface area (TPSA) is 105 Å². The van der Waals surface area contributed by atoms with Crippen molar-refractivity contribution < 1.29 is 17.7 Å². The van der Waals surface area contributed by atoms with Gasteiger partial charge in [0, 0.05) is 31.6 Å². The van der Waals surface area contributed by atoms with Crippen LogP contribution in [-0.4, -0.2) is 48.4 Å².